The molecule has 2 rings (SSSR count). The molecule has 138 valence electrons. The van der Waals surface area contributed by atoms with E-state index in [4.69, 9.17) is 10.5 Å². The summed E-state index contributed by atoms with van der Waals surface area (Å²) in [5, 5.41) is 2.28. The van der Waals surface area contributed by atoms with Crippen LogP contribution in [0.4, 0.5) is 13.2 Å². The lowest BCUT2D eigenvalue weighted by molar-refractivity contribution is -0.137. The minimum Gasteiger partial charge on any atom is -0.497 e. The molecule has 0 bridgehead atoms. The number of halogens is 3. The van der Waals surface area contributed by atoms with Gasteiger partial charge in [-0.25, -0.2) is 0 Å². The molecule has 0 fully saturated rings. The Labute approximate surface area is 148 Å². The molecule has 8 heteroatoms. The molecule has 0 spiro atoms. The number of hydrogen-bond acceptors (Lipinski definition) is 3. The first-order valence-corrected chi connectivity index (χ1v) is 7.61. The van der Waals surface area contributed by atoms with Crippen LogP contribution in [0.15, 0.2) is 48.5 Å². The lowest BCUT2D eigenvalue weighted by Crippen LogP contribution is -2.46. The second-order valence-electron chi connectivity index (χ2n) is 5.52. The van der Waals surface area contributed by atoms with Gasteiger partial charge in [0.1, 0.15) is 11.8 Å². The second-order valence-corrected chi connectivity index (χ2v) is 5.52. The molecular weight excluding hydrogens is 349 g/mol. The average Bonchev–Trinajstić information content (AvgIpc) is 2.61. The molecule has 2 aromatic rings. The first-order valence-electron chi connectivity index (χ1n) is 7.61. The molecule has 0 unspecified atom stereocenters. The number of amides is 2. The van der Waals surface area contributed by atoms with Crippen LogP contribution in [-0.4, -0.2) is 25.0 Å². The van der Waals surface area contributed by atoms with E-state index in [-0.39, 0.29) is 6.42 Å². The van der Waals surface area contributed by atoms with Gasteiger partial charge in [0.2, 0.25) is 5.91 Å². The standard InChI is InChI=1S/C18H17F3N2O3/c1-26-12-8-6-11(7-9-12)10-15(16(22)24)23-17(25)13-4-2-3-5-14(13)18(19,20)21/h2-9,15H,10H2,1H3,(H2,22,24)(H,23,25)/t15-/m0/s1. The molecule has 5 nitrogen and oxygen atoms in total. The van der Waals surface area contributed by atoms with Gasteiger partial charge in [0.05, 0.1) is 18.2 Å². The zero-order valence-corrected chi connectivity index (χ0v) is 13.8. The maximum Gasteiger partial charge on any atom is 0.417 e. The summed E-state index contributed by atoms with van der Waals surface area (Å²) in [5.41, 5.74) is 4.31. The second kappa shape index (κ2) is 7.90. The normalized spacial score (nSPS) is 12.3. The third-order valence-corrected chi connectivity index (χ3v) is 3.72. The zero-order valence-electron chi connectivity index (χ0n) is 13.8. The van der Waals surface area contributed by atoms with Crippen LogP contribution in [0.3, 0.4) is 0 Å². The summed E-state index contributed by atoms with van der Waals surface area (Å²) in [6.07, 6.45) is -4.65. The van der Waals surface area contributed by atoms with Crippen molar-refractivity contribution in [1.29, 1.82) is 0 Å². The highest BCUT2D eigenvalue weighted by Crippen LogP contribution is 2.31. The first kappa shape index (κ1) is 19.3. The molecule has 0 saturated heterocycles. The van der Waals surface area contributed by atoms with Crippen LogP contribution < -0.4 is 15.8 Å². The molecule has 0 aliphatic heterocycles. The largest absolute Gasteiger partial charge is 0.497 e. The van der Waals surface area contributed by atoms with Gasteiger partial charge in [-0.05, 0) is 29.8 Å². The van der Waals surface area contributed by atoms with Crippen LogP contribution in [0, 0.1) is 0 Å². The van der Waals surface area contributed by atoms with E-state index in [9.17, 15) is 22.8 Å². The van der Waals surface area contributed by atoms with Crippen molar-refractivity contribution >= 4 is 11.8 Å². The predicted octanol–water partition coefficient (Wildman–Crippen LogP) is 2.54. The Morgan fingerprint density at radius 3 is 2.27 bits per heavy atom. The van der Waals surface area contributed by atoms with Gasteiger partial charge in [-0.3, -0.25) is 9.59 Å². The Morgan fingerprint density at radius 2 is 1.73 bits per heavy atom. The molecule has 0 heterocycles. The molecular formula is C18H17F3N2O3. The van der Waals surface area contributed by atoms with Gasteiger partial charge in [0.15, 0.2) is 0 Å². The number of carbonyl (C=O) groups excluding carboxylic acids is 2. The van der Waals surface area contributed by atoms with Gasteiger partial charge in [-0.1, -0.05) is 24.3 Å². The highest BCUT2D eigenvalue weighted by Gasteiger charge is 2.35. The quantitative estimate of drug-likeness (QED) is 0.824. The molecule has 2 aromatic carbocycles. The summed E-state index contributed by atoms with van der Waals surface area (Å²) in [7, 11) is 1.50. The summed E-state index contributed by atoms with van der Waals surface area (Å²) in [4.78, 5) is 23.9. The number of methoxy groups -OCH3 is 1. The van der Waals surface area contributed by atoms with Crippen molar-refractivity contribution < 1.29 is 27.5 Å². The van der Waals surface area contributed by atoms with Crippen LogP contribution in [0.2, 0.25) is 0 Å². The van der Waals surface area contributed by atoms with Crippen molar-refractivity contribution in [2.24, 2.45) is 5.73 Å². The fraction of sp³-hybridized carbons (Fsp3) is 0.222. The molecule has 0 aliphatic rings. The van der Waals surface area contributed by atoms with Crippen molar-refractivity contribution in [1.82, 2.24) is 5.32 Å². The van der Waals surface area contributed by atoms with Gasteiger partial charge in [-0.15, -0.1) is 0 Å². The number of hydrogen-bond donors (Lipinski definition) is 2. The molecule has 26 heavy (non-hydrogen) atoms. The minimum atomic E-state index is -4.69. The zero-order chi connectivity index (χ0) is 19.3. The lowest BCUT2D eigenvalue weighted by atomic mass is 10.0. The summed E-state index contributed by atoms with van der Waals surface area (Å²) in [6.45, 7) is 0. The molecule has 2 amide bonds. The Hall–Kier alpha value is -3.03. The van der Waals surface area contributed by atoms with Crippen molar-refractivity contribution in [3.05, 3.63) is 65.2 Å². The Bertz CT molecular complexity index is 789. The Morgan fingerprint density at radius 1 is 1.12 bits per heavy atom. The lowest BCUT2D eigenvalue weighted by Gasteiger charge is -2.18. The van der Waals surface area contributed by atoms with Gasteiger partial charge in [0, 0.05) is 6.42 Å². The SMILES string of the molecule is COc1ccc(C[C@H](NC(=O)c2ccccc2C(F)(F)F)C(N)=O)cc1. The summed E-state index contributed by atoms with van der Waals surface area (Å²) in [6, 6.07) is 9.85. The van der Waals surface area contributed by atoms with E-state index in [1.165, 1.54) is 19.2 Å². The fourth-order valence-corrected chi connectivity index (χ4v) is 2.38. The third kappa shape index (κ3) is 4.75. The van der Waals surface area contributed by atoms with Gasteiger partial charge in [0.25, 0.3) is 5.91 Å². The van der Waals surface area contributed by atoms with E-state index in [1.54, 1.807) is 24.3 Å². The maximum atomic E-state index is 13.0. The van der Waals surface area contributed by atoms with Crippen molar-refractivity contribution in [2.45, 2.75) is 18.6 Å². The number of rotatable bonds is 6. The fourth-order valence-electron chi connectivity index (χ4n) is 2.38. The van der Waals surface area contributed by atoms with Crippen molar-refractivity contribution in [2.75, 3.05) is 7.11 Å². The van der Waals surface area contributed by atoms with Crippen molar-refractivity contribution in [3.8, 4) is 5.75 Å². The number of nitrogens with two attached hydrogens (primary N) is 1. The van der Waals surface area contributed by atoms with Crippen LogP contribution in [0.25, 0.3) is 0 Å². The molecule has 3 N–H and O–H groups in total. The molecule has 0 aliphatic carbocycles. The highest BCUT2D eigenvalue weighted by molar-refractivity contribution is 5.98. The maximum absolute atomic E-state index is 13.0. The molecule has 0 aromatic heterocycles. The number of nitrogens with one attached hydrogen (secondary N) is 1. The Balaban J connectivity index is 2.20. The van der Waals surface area contributed by atoms with E-state index in [1.807, 2.05) is 0 Å². The van der Waals surface area contributed by atoms with E-state index in [0.717, 1.165) is 12.1 Å². The summed E-state index contributed by atoms with van der Waals surface area (Å²) in [5.74, 6) is -1.26. The molecule has 0 saturated carbocycles. The predicted molar refractivity (Wildman–Crippen MR) is 88.6 cm³/mol. The topological polar surface area (TPSA) is 81.4 Å². The number of primary amides is 1. The van der Waals surface area contributed by atoms with Crippen molar-refractivity contribution in [3.63, 3.8) is 0 Å². The van der Waals surface area contributed by atoms with Crippen LogP contribution in [-0.2, 0) is 17.4 Å². The first-order chi connectivity index (χ1) is 12.2. The average molecular weight is 366 g/mol. The van der Waals surface area contributed by atoms with E-state index < -0.39 is 35.2 Å². The van der Waals surface area contributed by atoms with Gasteiger partial charge >= 0.3 is 6.18 Å². The van der Waals surface area contributed by atoms with E-state index >= 15 is 0 Å². The van der Waals surface area contributed by atoms with Crippen LogP contribution in [0.1, 0.15) is 21.5 Å². The summed E-state index contributed by atoms with van der Waals surface area (Å²) >= 11 is 0. The number of ether oxygens (including phenoxy) is 1. The van der Waals surface area contributed by atoms with Gasteiger partial charge in [-0.2, -0.15) is 13.2 Å². The minimum absolute atomic E-state index is 0.0409. The Kier molecular flexibility index (Phi) is 5.86. The molecule has 1 atom stereocenters. The highest BCUT2D eigenvalue weighted by atomic mass is 19.4. The number of benzene rings is 2. The number of carbonyl (C=O) groups is 2. The third-order valence-electron chi connectivity index (χ3n) is 3.72. The molecule has 0 radical (unpaired) electrons. The number of alkyl halides is 3. The van der Waals surface area contributed by atoms with E-state index in [2.05, 4.69) is 5.32 Å². The van der Waals surface area contributed by atoms with E-state index in [0.29, 0.717) is 11.3 Å². The van der Waals surface area contributed by atoms with Gasteiger partial charge < -0.3 is 15.8 Å². The smallest absolute Gasteiger partial charge is 0.417 e. The van der Waals surface area contributed by atoms with Crippen LogP contribution >= 0.6 is 0 Å². The monoisotopic (exact) mass is 366 g/mol. The summed E-state index contributed by atoms with van der Waals surface area (Å²) < 4.78 is 44.1. The van der Waals surface area contributed by atoms with Crippen LogP contribution in [0.5, 0.6) is 5.75 Å².